The molecule has 0 aromatic carbocycles. The van der Waals surface area contributed by atoms with Gasteiger partial charge in [-0.05, 0) is 51.9 Å². The SMILES string of the molecule is CC(=O)C1=C(N[C@H](C)C2CCCCC2)CCC1. The first-order valence-corrected chi connectivity index (χ1v) is 7.18. The highest BCUT2D eigenvalue weighted by Crippen LogP contribution is 2.29. The molecule has 0 saturated heterocycles. The number of hydrogen-bond donors (Lipinski definition) is 1. The molecule has 0 radical (unpaired) electrons. The van der Waals surface area contributed by atoms with Crippen LogP contribution in [0.2, 0.25) is 0 Å². The molecule has 0 spiro atoms. The van der Waals surface area contributed by atoms with Crippen LogP contribution >= 0.6 is 0 Å². The smallest absolute Gasteiger partial charge is 0.157 e. The first kappa shape index (κ1) is 12.7. The van der Waals surface area contributed by atoms with Crippen LogP contribution in [-0.2, 0) is 4.79 Å². The molecule has 0 heterocycles. The van der Waals surface area contributed by atoms with Crippen molar-refractivity contribution in [3.63, 3.8) is 0 Å². The van der Waals surface area contributed by atoms with Gasteiger partial charge in [0.2, 0.25) is 0 Å². The Labute approximate surface area is 105 Å². The second-order valence-corrected chi connectivity index (χ2v) is 5.70. The number of ketones is 1. The maximum Gasteiger partial charge on any atom is 0.157 e. The van der Waals surface area contributed by atoms with Crippen LogP contribution in [0.25, 0.3) is 0 Å². The van der Waals surface area contributed by atoms with Gasteiger partial charge in [-0.15, -0.1) is 0 Å². The number of rotatable bonds is 4. The Bertz CT molecular complexity index is 313. The van der Waals surface area contributed by atoms with Crippen molar-refractivity contribution < 1.29 is 4.79 Å². The van der Waals surface area contributed by atoms with Gasteiger partial charge in [0.15, 0.2) is 5.78 Å². The van der Waals surface area contributed by atoms with E-state index in [2.05, 4.69) is 12.2 Å². The number of Topliss-reactive ketones (excluding diaryl/α,β-unsaturated/α-hetero) is 1. The summed E-state index contributed by atoms with van der Waals surface area (Å²) >= 11 is 0. The molecule has 0 aromatic heterocycles. The maximum absolute atomic E-state index is 11.5. The molecule has 1 atom stereocenters. The summed E-state index contributed by atoms with van der Waals surface area (Å²) in [6.07, 6.45) is 10.1. The molecular formula is C15H25NO. The van der Waals surface area contributed by atoms with Gasteiger partial charge in [0.1, 0.15) is 0 Å². The molecule has 1 N–H and O–H groups in total. The molecule has 2 heteroatoms. The molecule has 0 unspecified atom stereocenters. The number of hydrogen-bond acceptors (Lipinski definition) is 2. The standard InChI is InChI=1S/C15H25NO/c1-11(13-7-4-3-5-8-13)16-15-10-6-9-14(15)12(2)17/h11,13,16H,3-10H2,1-2H3/t11-/m1/s1. The van der Waals surface area contributed by atoms with Crippen molar-refractivity contribution >= 4 is 5.78 Å². The largest absolute Gasteiger partial charge is 0.385 e. The van der Waals surface area contributed by atoms with Crippen molar-refractivity contribution in [2.24, 2.45) is 5.92 Å². The minimum Gasteiger partial charge on any atom is -0.385 e. The zero-order valence-corrected chi connectivity index (χ0v) is 11.2. The van der Waals surface area contributed by atoms with Gasteiger partial charge in [-0.3, -0.25) is 4.79 Å². The highest BCUT2D eigenvalue weighted by molar-refractivity contribution is 5.94. The van der Waals surface area contributed by atoms with E-state index < -0.39 is 0 Å². The van der Waals surface area contributed by atoms with Crippen LogP contribution in [-0.4, -0.2) is 11.8 Å². The first-order valence-electron chi connectivity index (χ1n) is 7.18. The molecule has 1 saturated carbocycles. The lowest BCUT2D eigenvalue weighted by Crippen LogP contribution is -2.34. The topological polar surface area (TPSA) is 29.1 Å². The Morgan fingerprint density at radius 3 is 2.53 bits per heavy atom. The summed E-state index contributed by atoms with van der Waals surface area (Å²) in [5, 5.41) is 3.64. The van der Waals surface area contributed by atoms with E-state index in [0.29, 0.717) is 6.04 Å². The van der Waals surface area contributed by atoms with E-state index in [4.69, 9.17) is 0 Å². The number of nitrogens with one attached hydrogen (secondary N) is 1. The lowest BCUT2D eigenvalue weighted by molar-refractivity contribution is -0.113. The van der Waals surface area contributed by atoms with Gasteiger partial charge in [-0.2, -0.15) is 0 Å². The minimum absolute atomic E-state index is 0.265. The maximum atomic E-state index is 11.5. The number of allylic oxidation sites excluding steroid dienone is 2. The second kappa shape index (κ2) is 5.70. The lowest BCUT2D eigenvalue weighted by atomic mass is 9.84. The first-order chi connectivity index (χ1) is 8.18. The summed E-state index contributed by atoms with van der Waals surface area (Å²) in [7, 11) is 0. The Hall–Kier alpha value is -0.790. The summed E-state index contributed by atoms with van der Waals surface area (Å²) in [6, 6.07) is 0.540. The van der Waals surface area contributed by atoms with Crippen molar-refractivity contribution in [2.45, 2.75) is 71.3 Å². The third-order valence-electron chi connectivity index (χ3n) is 4.40. The van der Waals surface area contributed by atoms with Crippen LogP contribution in [0.3, 0.4) is 0 Å². The van der Waals surface area contributed by atoms with Crippen LogP contribution in [0.5, 0.6) is 0 Å². The minimum atomic E-state index is 0.265. The van der Waals surface area contributed by atoms with Gasteiger partial charge in [0.05, 0.1) is 0 Å². The molecule has 0 amide bonds. The van der Waals surface area contributed by atoms with Gasteiger partial charge >= 0.3 is 0 Å². The van der Waals surface area contributed by atoms with Gasteiger partial charge in [-0.25, -0.2) is 0 Å². The second-order valence-electron chi connectivity index (χ2n) is 5.70. The Balaban J connectivity index is 1.95. The molecule has 1 fully saturated rings. The van der Waals surface area contributed by atoms with Crippen LogP contribution in [0.15, 0.2) is 11.3 Å². The number of carbonyl (C=O) groups excluding carboxylic acids is 1. The predicted molar refractivity (Wildman–Crippen MR) is 70.7 cm³/mol. The normalized spacial score (nSPS) is 23.9. The Kier molecular flexibility index (Phi) is 4.25. The molecule has 2 nitrogen and oxygen atoms in total. The molecule has 17 heavy (non-hydrogen) atoms. The van der Waals surface area contributed by atoms with Gasteiger partial charge in [0.25, 0.3) is 0 Å². The van der Waals surface area contributed by atoms with E-state index >= 15 is 0 Å². The van der Waals surface area contributed by atoms with E-state index in [0.717, 1.165) is 30.8 Å². The van der Waals surface area contributed by atoms with Gasteiger partial charge in [-0.1, -0.05) is 19.3 Å². The third-order valence-corrected chi connectivity index (χ3v) is 4.40. The van der Waals surface area contributed by atoms with Crippen LogP contribution in [0.4, 0.5) is 0 Å². The van der Waals surface area contributed by atoms with Crippen LogP contribution < -0.4 is 5.32 Å². The molecule has 0 bridgehead atoms. The summed E-state index contributed by atoms with van der Waals surface area (Å²) in [5.41, 5.74) is 2.31. The fourth-order valence-corrected chi connectivity index (χ4v) is 3.32. The molecule has 2 aliphatic carbocycles. The Morgan fingerprint density at radius 2 is 1.88 bits per heavy atom. The van der Waals surface area contributed by atoms with Gasteiger partial charge in [0, 0.05) is 17.3 Å². The monoisotopic (exact) mass is 235 g/mol. The molecule has 96 valence electrons. The fourth-order valence-electron chi connectivity index (χ4n) is 3.32. The van der Waals surface area contributed by atoms with Crippen molar-refractivity contribution in [3.05, 3.63) is 11.3 Å². The molecule has 2 aliphatic rings. The summed E-state index contributed by atoms with van der Waals surface area (Å²) in [6.45, 7) is 3.99. The van der Waals surface area contributed by atoms with E-state index in [1.807, 2.05) is 0 Å². The van der Waals surface area contributed by atoms with Crippen molar-refractivity contribution in [2.75, 3.05) is 0 Å². The van der Waals surface area contributed by atoms with E-state index in [1.165, 1.54) is 37.8 Å². The molecule has 2 rings (SSSR count). The van der Waals surface area contributed by atoms with Crippen molar-refractivity contribution in [1.29, 1.82) is 0 Å². The van der Waals surface area contributed by atoms with Crippen molar-refractivity contribution in [1.82, 2.24) is 5.32 Å². The van der Waals surface area contributed by atoms with Crippen LogP contribution in [0, 0.1) is 5.92 Å². The Morgan fingerprint density at radius 1 is 1.18 bits per heavy atom. The highest BCUT2D eigenvalue weighted by atomic mass is 16.1. The zero-order valence-electron chi connectivity index (χ0n) is 11.2. The summed E-state index contributed by atoms with van der Waals surface area (Å²) in [5.74, 6) is 1.07. The lowest BCUT2D eigenvalue weighted by Gasteiger charge is -2.29. The summed E-state index contributed by atoms with van der Waals surface area (Å²) in [4.78, 5) is 11.5. The predicted octanol–water partition coefficient (Wildman–Crippen LogP) is 3.57. The van der Waals surface area contributed by atoms with Crippen LogP contribution in [0.1, 0.15) is 65.2 Å². The summed E-state index contributed by atoms with van der Waals surface area (Å²) < 4.78 is 0. The average Bonchev–Trinajstić information content (AvgIpc) is 2.78. The number of carbonyl (C=O) groups is 1. The van der Waals surface area contributed by atoms with E-state index in [-0.39, 0.29) is 5.78 Å². The highest BCUT2D eigenvalue weighted by Gasteiger charge is 2.24. The zero-order chi connectivity index (χ0) is 12.3. The quantitative estimate of drug-likeness (QED) is 0.807. The molecular weight excluding hydrogens is 210 g/mol. The fraction of sp³-hybridized carbons (Fsp3) is 0.800. The molecule has 0 aliphatic heterocycles. The molecule has 0 aromatic rings. The van der Waals surface area contributed by atoms with Gasteiger partial charge < -0.3 is 5.32 Å². The van der Waals surface area contributed by atoms with E-state index in [9.17, 15) is 4.79 Å². The average molecular weight is 235 g/mol. The van der Waals surface area contributed by atoms with Crippen molar-refractivity contribution in [3.8, 4) is 0 Å². The van der Waals surface area contributed by atoms with E-state index in [1.54, 1.807) is 6.92 Å². The third kappa shape index (κ3) is 3.11.